The van der Waals surface area contributed by atoms with Crippen LogP contribution in [-0.2, 0) is 34.2 Å². The molecule has 4 N–H and O–H groups in total. The number of carbonyl (C=O) groups is 1. The highest BCUT2D eigenvalue weighted by atomic mass is 127. The van der Waals surface area contributed by atoms with Crippen molar-refractivity contribution < 1.29 is 31.5 Å². The Morgan fingerprint density at radius 1 is 1.16 bits per heavy atom. The number of aliphatic hydroxyl groups excluding tert-OH is 1. The number of hydrogen-bond acceptors (Lipinski definition) is 7. The molecule has 1 heterocycles. The van der Waals surface area contributed by atoms with Gasteiger partial charge in [-0.25, -0.2) is 21.9 Å². The summed E-state index contributed by atoms with van der Waals surface area (Å²) >= 11 is 2.20. The van der Waals surface area contributed by atoms with E-state index >= 15 is 0 Å². The fourth-order valence-corrected chi connectivity index (χ4v) is 5.34. The van der Waals surface area contributed by atoms with E-state index in [1.165, 1.54) is 0 Å². The zero-order chi connectivity index (χ0) is 27.7. The van der Waals surface area contributed by atoms with Gasteiger partial charge in [-0.15, -0.1) is 0 Å². The first-order valence-corrected chi connectivity index (χ1v) is 14.6. The SMILES string of the molecule is CCCS(=O)(=O)Nc1nc(CC(=O)N[C@@H](Cc2cc(F)cc(F)c2)[C@H](O)CNCc2cccc(I)c2)co1. The number of rotatable bonds is 14. The predicted octanol–water partition coefficient (Wildman–Crippen LogP) is 3.13. The van der Waals surface area contributed by atoms with Crippen LogP contribution in [0, 0.1) is 15.2 Å². The molecule has 0 spiro atoms. The fraction of sp³-hybridized carbons (Fsp3) is 0.360. The minimum Gasteiger partial charge on any atom is -0.431 e. The second-order valence-electron chi connectivity index (χ2n) is 8.73. The molecule has 0 radical (unpaired) electrons. The summed E-state index contributed by atoms with van der Waals surface area (Å²) in [5, 5.41) is 16.7. The van der Waals surface area contributed by atoms with Crippen LogP contribution in [0.15, 0.2) is 53.1 Å². The normalized spacial score (nSPS) is 13.2. The Labute approximate surface area is 233 Å². The quantitative estimate of drug-likeness (QED) is 0.195. The van der Waals surface area contributed by atoms with E-state index in [1.54, 1.807) is 6.92 Å². The maximum Gasteiger partial charge on any atom is 0.308 e. The van der Waals surface area contributed by atoms with Gasteiger partial charge in [0.05, 0.1) is 30.0 Å². The average Bonchev–Trinajstić information content (AvgIpc) is 3.23. The topological polar surface area (TPSA) is 134 Å². The average molecular weight is 662 g/mol. The van der Waals surface area contributed by atoms with Crippen LogP contribution in [0.5, 0.6) is 0 Å². The lowest BCUT2D eigenvalue weighted by atomic mass is 10.00. The predicted molar refractivity (Wildman–Crippen MR) is 147 cm³/mol. The van der Waals surface area contributed by atoms with Crippen molar-refractivity contribution in [2.24, 2.45) is 0 Å². The molecule has 1 aromatic heterocycles. The summed E-state index contributed by atoms with van der Waals surface area (Å²) in [4.78, 5) is 16.7. The summed E-state index contributed by atoms with van der Waals surface area (Å²) in [7, 11) is -3.61. The van der Waals surface area contributed by atoms with Gasteiger partial charge in [-0.3, -0.25) is 4.79 Å². The zero-order valence-electron chi connectivity index (χ0n) is 20.6. The van der Waals surface area contributed by atoms with Crippen molar-refractivity contribution in [3.63, 3.8) is 0 Å². The smallest absolute Gasteiger partial charge is 0.308 e. The molecule has 2 aromatic carbocycles. The molecular weight excluding hydrogens is 633 g/mol. The summed E-state index contributed by atoms with van der Waals surface area (Å²) in [6, 6.07) is 9.68. The molecule has 13 heteroatoms. The maximum atomic E-state index is 13.8. The van der Waals surface area contributed by atoms with E-state index in [-0.39, 0.29) is 42.4 Å². The molecule has 0 saturated carbocycles. The lowest BCUT2D eigenvalue weighted by Crippen LogP contribution is -2.49. The van der Waals surface area contributed by atoms with Gasteiger partial charge in [-0.1, -0.05) is 19.1 Å². The van der Waals surface area contributed by atoms with Gasteiger partial charge in [-0.2, -0.15) is 4.98 Å². The largest absolute Gasteiger partial charge is 0.431 e. The number of carbonyl (C=O) groups excluding carboxylic acids is 1. The van der Waals surface area contributed by atoms with Crippen LogP contribution in [0.2, 0.25) is 0 Å². The number of nitrogens with one attached hydrogen (secondary N) is 3. The van der Waals surface area contributed by atoms with Crippen molar-refractivity contribution in [1.29, 1.82) is 0 Å². The van der Waals surface area contributed by atoms with Gasteiger partial charge >= 0.3 is 6.01 Å². The van der Waals surface area contributed by atoms with Gasteiger partial charge in [-0.05, 0) is 70.8 Å². The number of anilines is 1. The summed E-state index contributed by atoms with van der Waals surface area (Å²) in [5.74, 6) is -2.18. The Balaban J connectivity index is 1.65. The third-order valence-electron chi connectivity index (χ3n) is 5.37. The molecule has 38 heavy (non-hydrogen) atoms. The molecule has 0 unspecified atom stereocenters. The summed E-state index contributed by atoms with van der Waals surface area (Å²) < 4.78 is 59.6. The Bertz CT molecular complexity index is 1320. The van der Waals surface area contributed by atoms with Gasteiger partial charge in [0.1, 0.15) is 17.9 Å². The molecule has 9 nitrogen and oxygen atoms in total. The zero-order valence-corrected chi connectivity index (χ0v) is 23.6. The number of aromatic nitrogens is 1. The molecular formula is C25H29F2IN4O5S. The minimum atomic E-state index is -3.61. The molecule has 206 valence electrons. The highest BCUT2D eigenvalue weighted by molar-refractivity contribution is 14.1. The second kappa shape index (κ2) is 14.0. The van der Waals surface area contributed by atoms with Crippen LogP contribution < -0.4 is 15.4 Å². The van der Waals surface area contributed by atoms with Gasteiger partial charge < -0.3 is 20.2 Å². The van der Waals surface area contributed by atoms with Crippen molar-refractivity contribution >= 4 is 44.5 Å². The number of nitrogens with zero attached hydrogens (tertiary/aromatic N) is 1. The number of hydrogen-bond donors (Lipinski definition) is 4. The fourth-order valence-electron chi connectivity index (χ4n) is 3.73. The van der Waals surface area contributed by atoms with E-state index in [0.29, 0.717) is 13.0 Å². The van der Waals surface area contributed by atoms with Gasteiger partial charge in [0.15, 0.2) is 0 Å². The highest BCUT2D eigenvalue weighted by Gasteiger charge is 2.23. The summed E-state index contributed by atoms with van der Waals surface area (Å²) in [6.45, 7) is 2.28. The molecule has 0 bridgehead atoms. The summed E-state index contributed by atoms with van der Waals surface area (Å²) in [6.07, 6.45) is 0.161. The second-order valence-corrected chi connectivity index (χ2v) is 11.8. The molecule has 2 atom stereocenters. The minimum absolute atomic E-state index is 0.0343. The van der Waals surface area contributed by atoms with Gasteiger partial charge in [0, 0.05) is 22.7 Å². The Morgan fingerprint density at radius 2 is 1.89 bits per heavy atom. The van der Waals surface area contributed by atoms with Crippen LogP contribution in [0.25, 0.3) is 0 Å². The molecule has 3 aromatic rings. The van der Waals surface area contributed by atoms with Crippen molar-refractivity contribution in [2.75, 3.05) is 17.0 Å². The molecule has 0 aliphatic heterocycles. The Hall–Kier alpha value is -2.62. The highest BCUT2D eigenvalue weighted by Crippen LogP contribution is 2.14. The molecule has 0 aliphatic carbocycles. The van der Waals surface area contributed by atoms with E-state index in [2.05, 4.69) is 42.9 Å². The van der Waals surface area contributed by atoms with Gasteiger partial charge in [0.25, 0.3) is 0 Å². The van der Waals surface area contributed by atoms with Gasteiger partial charge in [0.2, 0.25) is 15.9 Å². The van der Waals surface area contributed by atoms with Crippen LogP contribution in [0.4, 0.5) is 14.8 Å². The van der Waals surface area contributed by atoms with E-state index in [0.717, 1.165) is 33.6 Å². The number of halogens is 3. The Morgan fingerprint density at radius 3 is 2.58 bits per heavy atom. The van der Waals surface area contributed by atoms with Crippen LogP contribution in [0.3, 0.4) is 0 Å². The van der Waals surface area contributed by atoms with Crippen molar-refractivity contribution in [1.82, 2.24) is 15.6 Å². The number of sulfonamides is 1. The first-order chi connectivity index (χ1) is 18.0. The molecule has 1 amide bonds. The number of amides is 1. The monoisotopic (exact) mass is 662 g/mol. The first kappa shape index (κ1) is 29.9. The Kier molecular flexibility index (Phi) is 11.0. The molecule has 0 fully saturated rings. The number of aliphatic hydroxyl groups is 1. The lowest BCUT2D eigenvalue weighted by molar-refractivity contribution is -0.122. The van der Waals surface area contributed by atoms with E-state index < -0.39 is 39.7 Å². The van der Waals surface area contributed by atoms with Crippen molar-refractivity contribution in [3.05, 3.63) is 80.8 Å². The van der Waals surface area contributed by atoms with Crippen molar-refractivity contribution in [2.45, 2.75) is 44.9 Å². The lowest BCUT2D eigenvalue weighted by Gasteiger charge is -2.25. The molecule has 0 aliphatic rings. The van der Waals surface area contributed by atoms with E-state index in [9.17, 15) is 27.1 Å². The van der Waals surface area contributed by atoms with Crippen molar-refractivity contribution in [3.8, 4) is 0 Å². The number of benzene rings is 2. The first-order valence-electron chi connectivity index (χ1n) is 11.9. The van der Waals surface area contributed by atoms with E-state index in [4.69, 9.17) is 4.42 Å². The van der Waals surface area contributed by atoms with Crippen LogP contribution in [0.1, 0.15) is 30.2 Å². The maximum absolute atomic E-state index is 13.8. The van der Waals surface area contributed by atoms with Crippen LogP contribution >= 0.6 is 22.6 Å². The standard InChI is InChI=1S/C25H29F2IN4O5S/c1-2-6-38(35,36)32-25-30-21(15-37-25)12-24(34)31-22(10-17-7-18(26)11-19(27)8-17)23(33)14-29-13-16-4-3-5-20(28)9-16/h3-5,7-9,11,15,22-23,29,33H,2,6,10,12-14H2,1H3,(H,30,32)(H,31,34)/t22-,23+/m0/s1. The summed E-state index contributed by atoms with van der Waals surface area (Å²) in [5.41, 5.74) is 1.44. The van der Waals surface area contributed by atoms with E-state index in [1.807, 2.05) is 24.3 Å². The third kappa shape index (κ3) is 9.93. The van der Waals surface area contributed by atoms with Crippen LogP contribution in [-0.4, -0.2) is 48.9 Å². The molecule has 3 rings (SSSR count). The number of oxazole rings is 1. The third-order valence-corrected chi connectivity index (χ3v) is 7.47. The molecule has 0 saturated heterocycles.